The molecule has 0 spiro atoms. The van der Waals surface area contributed by atoms with E-state index < -0.39 is 0 Å². The average Bonchev–Trinajstić information content (AvgIpc) is 2.36. The summed E-state index contributed by atoms with van der Waals surface area (Å²) in [6.45, 7) is 6.32. The molecule has 17 heavy (non-hydrogen) atoms. The summed E-state index contributed by atoms with van der Waals surface area (Å²) in [5.74, 6) is 0.996. The molecule has 2 N–H and O–H groups in total. The highest BCUT2D eigenvalue weighted by molar-refractivity contribution is 5.17. The maximum atomic E-state index is 9.12. The third-order valence-corrected chi connectivity index (χ3v) is 3.09. The van der Waals surface area contributed by atoms with Crippen LogP contribution >= 0.6 is 0 Å². The first-order valence-corrected chi connectivity index (χ1v) is 6.60. The Kier molecular flexibility index (Phi) is 6.63. The van der Waals surface area contributed by atoms with Gasteiger partial charge >= 0.3 is 0 Å². The minimum absolute atomic E-state index is 0.225. The quantitative estimate of drug-likeness (QED) is 0.729. The Labute approximate surface area is 104 Å². The van der Waals surface area contributed by atoms with Gasteiger partial charge in [0.1, 0.15) is 5.75 Å². The van der Waals surface area contributed by atoms with Gasteiger partial charge in [0.05, 0.1) is 11.9 Å². The monoisotopic (exact) mass is 236 g/mol. The van der Waals surface area contributed by atoms with E-state index >= 15 is 0 Å². The number of aromatic hydroxyl groups is 1. The van der Waals surface area contributed by atoms with Crippen LogP contribution in [-0.2, 0) is 6.54 Å². The van der Waals surface area contributed by atoms with Crippen molar-refractivity contribution >= 4 is 0 Å². The number of pyridine rings is 1. The molecule has 0 bridgehead atoms. The van der Waals surface area contributed by atoms with Gasteiger partial charge in [0.2, 0.25) is 0 Å². The van der Waals surface area contributed by atoms with E-state index in [1.807, 2.05) is 6.07 Å². The summed E-state index contributed by atoms with van der Waals surface area (Å²) in [4.78, 5) is 4.15. The SMILES string of the molecule is CCCCC(CC)CNCc1ccc(O)cn1. The Morgan fingerprint density at radius 2 is 2.18 bits per heavy atom. The second-order valence-corrected chi connectivity index (χ2v) is 4.56. The predicted molar refractivity (Wildman–Crippen MR) is 70.9 cm³/mol. The third kappa shape index (κ3) is 5.68. The van der Waals surface area contributed by atoms with Crippen LogP contribution in [0.4, 0.5) is 0 Å². The van der Waals surface area contributed by atoms with Gasteiger partial charge in [0.25, 0.3) is 0 Å². The fraction of sp³-hybridized carbons (Fsp3) is 0.643. The van der Waals surface area contributed by atoms with Crippen molar-refractivity contribution in [3.8, 4) is 5.75 Å². The van der Waals surface area contributed by atoms with Crippen LogP contribution in [0, 0.1) is 5.92 Å². The van der Waals surface area contributed by atoms with Crippen molar-refractivity contribution in [1.29, 1.82) is 0 Å². The van der Waals surface area contributed by atoms with Crippen LogP contribution in [-0.4, -0.2) is 16.6 Å². The van der Waals surface area contributed by atoms with Crippen molar-refractivity contribution in [2.75, 3.05) is 6.54 Å². The van der Waals surface area contributed by atoms with Crippen molar-refractivity contribution in [1.82, 2.24) is 10.3 Å². The summed E-state index contributed by atoms with van der Waals surface area (Å²) in [5.41, 5.74) is 0.980. The van der Waals surface area contributed by atoms with Crippen molar-refractivity contribution < 1.29 is 5.11 Å². The van der Waals surface area contributed by atoms with Crippen LogP contribution in [0.2, 0.25) is 0 Å². The number of hydrogen-bond donors (Lipinski definition) is 2. The standard InChI is InChI=1S/C14H24N2O/c1-3-5-6-12(4-2)9-15-10-13-7-8-14(17)11-16-13/h7-8,11-12,15,17H,3-6,9-10H2,1-2H3. The highest BCUT2D eigenvalue weighted by Gasteiger charge is 2.05. The van der Waals surface area contributed by atoms with Crippen molar-refractivity contribution in [3.63, 3.8) is 0 Å². The van der Waals surface area contributed by atoms with E-state index in [-0.39, 0.29) is 5.75 Å². The normalized spacial score (nSPS) is 12.6. The van der Waals surface area contributed by atoms with E-state index in [1.165, 1.54) is 31.9 Å². The summed E-state index contributed by atoms with van der Waals surface area (Å²) < 4.78 is 0. The minimum Gasteiger partial charge on any atom is -0.506 e. The van der Waals surface area contributed by atoms with E-state index in [0.29, 0.717) is 0 Å². The minimum atomic E-state index is 0.225. The molecule has 0 fully saturated rings. The molecule has 0 saturated heterocycles. The number of nitrogens with zero attached hydrogens (tertiary/aromatic N) is 1. The van der Waals surface area contributed by atoms with E-state index in [2.05, 4.69) is 24.1 Å². The topological polar surface area (TPSA) is 45.1 Å². The number of rotatable bonds is 8. The third-order valence-electron chi connectivity index (χ3n) is 3.09. The molecule has 0 aliphatic heterocycles. The molecule has 96 valence electrons. The van der Waals surface area contributed by atoms with Gasteiger partial charge in [-0.1, -0.05) is 33.1 Å². The van der Waals surface area contributed by atoms with Gasteiger partial charge in [-0.3, -0.25) is 4.98 Å². The van der Waals surface area contributed by atoms with Gasteiger partial charge in [-0.2, -0.15) is 0 Å². The zero-order valence-corrected chi connectivity index (χ0v) is 10.9. The summed E-state index contributed by atoms with van der Waals surface area (Å²) in [6, 6.07) is 3.54. The lowest BCUT2D eigenvalue weighted by molar-refractivity contribution is 0.417. The van der Waals surface area contributed by atoms with Gasteiger partial charge in [-0.25, -0.2) is 0 Å². The molecule has 1 aromatic rings. The van der Waals surface area contributed by atoms with Crippen LogP contribution in [0.1, 0.15) is 45.2 Å². The Bertz CT molecular complexity index is 298. The lowest BCUT2D eigenvalue weighted by Gasteiger charge is -2.15. The Morgan fingerprint density at radius 1 is 1.35 bits per heavy atom. The van der Waals surface area contributed by atoms with Crippen molar-refractivity contribution in [3.05, 3.63) is 24.0 Å². The van der Waals surface area contributed by atoms with E-state index in [4.69, 9.17) is 5.11 Å². The van der Waals surface area contributed by atoms with E-state index in [1.54, 1.807) is 6.07 Å². The lowest BCUT2D eigenvalue weighted by Crippen LogP contribution is -2.22. The Hall–Kier alpha value is -1.09. The van der Waals surface area contributed by atoms with Crippen molar-refractivity contribution in [2.24, 2.45) is 5.92 Å². The molecule has 3 heteroatoms. The zero-order chi connectivity index (χ0) is 12.5. The zero-order valence-electron chi connectivity index (χ0n) is 10.9. The molecule has 1 rings (SSSR count). The molecule has 0 aliphatic carbocycles. The second-order valence-electron chi connectivity index (χ2n) is 4.56. The molecule has 0 aliphatic rings. The van der Waals surface area contributed by atoms with Gasteiger partial charge in [0.15, 0.2) is 0 Å². The largest absolute Gasteiger partial charge is 0.506 e. The summed E-state index contributed by atoms with van der Waals surface area (Å²) >= 11 is 0. The number of nitrogens with one attached hydrogen (secondary N) is 1. The second kappa shape index (κ2) is 8.07. The van der Waals surface area contributed by atoms with Crippen LogP contribution in [0.25, 0.3) is 0 Å². The lowest BCUT2D eigenvalue weighted by atomic mass is 9.99. The van der Waals surface area contributed by atoms with Gasteiger partial charge in [-0.05, 0) is 31.0 Å². The van der Waals surface area contributed by atoms with E-state index in [0.717, 1.165) is 24.7 Å². The van der Waals surface area contributed by atoms with Gasteiger partial charge in [-0.15, -0.1) is 0 Å². The maximum absolute atomic E-state index is 9.12. The molecule has 1 aromatic heterocycles. The average molecular weight is 236 g/mol. The first-order chi connectivity index (χ1) is 8.26. The summed E-state index contributed by atoms with van der Waals surface area (Å²) in [5, 5.41) is 12.6. The van der Waals surface area contributed by atoms with Crippen LogP contribution in [0.5, 0.6) is 5.75 Å². The summed E-state index contributed by atoms with van der Waals surface area (Å²) in [7, 11) is 0. The highest BCUT2D eigenvalue weighted by Crippen LogP contribution is 2.11. The van der Waals surface area contributed by atoms with Crippen LogP contribution < -0.4 is 5.32 Å². The maximum Gasteiger partial charge on any atom is 0.133 e. The smallest absolute Gasteiger partial charge is 0.133 e. The highest BCUT2D eigenvalue weighted by atomic mass is 16.3. The fourth-order valence-corrected chi connectivity index (χ4v) is 1.87. The molecular formula is C14H24N2O. The summed E-state index contributed by atoms with van der Waals surface area (Å²) in [6.07, 6.45) is 6.62. The number of hydrogen-bond acceptors (Lipinski definition) is 3. The van der Waals surface area contributed by atoms with Gasteiger partial charge in [0, 0.05) is 6.54 Å². The first-order valence-electron chi connectivity index (χ1n) is 6.60. The molecular weight excluding hydrogens is 212 g/mol. The predicted octanol–water partition coefficient (Wildman–Crippen LogP) is 3.09. The van der Waals surface area contributed by atoms with E-state index in [9.17, 15) is 0 Å². The number of aromatic nitrogens is 1. The molecule has 0 radical (unpaired) electrons. The van der Waals surface area contributed by atoms with Gasteiger partial charge < -0.3 is 10.4 Å². The van der Waals surface area contributed by atoms with Crippen molar-refractivity contribution in [2.45, 2.75) is 46.1 Å². The molecule has 0 amide bonds. The molecule has 1 atom stereocenters. The molecule has 0 saturated carbocycles. The first kappa shape index (κ1) is 14.0. The number of unbranched alkanes of at least 4 members (excludes halogenated alkanes) is 1. The molecule has 0 aromatic carbocycles. The molecule has 1 heterocycles. The Morgan fingerprint density at radius 3 is 2.76 bits per heavy atom. The van der Waals surface area contributed by atoms with Crippen LogP contribution in [0.15, 0.2) is 18.3 Å². The van der Waals surface area contributed by atoms with Crippen LogP contribution in [0.3, 0.4) is 0 Å². The fourth-order valence-electron chi connectivity index (χ4n) is 1.87. The molecule has 1 unspecified atom stereocenters. The molecule has 3 nitrogen and oxygen atoms in total. The Balaban J connectivity index is 2.23.